The van der Waals surface area contributed by atoms with Crippen LogP contribution in [-0.2, 0) is 0 Å². The number of nitrogens with one attached hydrogen (secondary N) is 2. The van der Waals surface area contributed by atoms with Gasteiger partial charge in [0.25, 0.3) is 5.56 Å². The number of hydrogen-bond acceptors (Lipinski definition) is 5. The van der Waals surface area contributed by atoms with E-state index in [1.807, 2.05) is 19.2 Å². The van der Waals surface area contributed by atoms with E-state index in [-0.39, 0.29) is 11.6 Å². The molecule has 6 heteroatoms. The summed E-state index contributed by atoms with van der Waals surface area (Å²) < 4.78 is 0. The number of aromatic amines is 1. The van der Waals surface area contributed by atoms with Gasteiger partial charge in [-0.1, -0.05) is 0 Å². The Morgan fingerprint density at radius 2 is 2.18 bits per heavy atom. The lowest BCUT2D eigenvalue weighted by Gasteiger charge is -2.11. The lowest BCUT2D eigenvalue weighted by molar-refractivity contribution is 0.847. The lowest BCUT2D eigenvalue weighted by Crippen LogP contribution is -2.14. The molecule has 1 atom stereocenters. The molecule has 1 unspecified atom stereocenters. The molecular formula is C11H14N4OS. The standard InChI is InChI=1S/C11H14N4OS/c1-6-5-17-11(12-6)7(2)13-9-4-10(16)15-8(3)14-9/h4-5,7H,1-3H3,(H2,13,14,15,16). The second-order valence-electron chi connectivity index (χ2n) is 3.91. The number of aromatic nitrogens is 3. The van der Waals surface area contributed by atoms with Crippen LogP contribution < -0.4 is 10.9 Å². The lowest BCUT2D eigenvalue weighted by atomic mass is 10.3. The summed E-state index contributed by atoms with van der Waals surface area (Å²) in [6.45, 7) is 5.71. The summed E-state index contributed by atoms with van der Waals surface area (Å²) in [6, 6.07) is 1.49. The topological polar surface area (TPSA) is 70.7 Å². The van der Waals surface area contributed by atoms with Gasteiger partial charge in [-0.3, -0.25) is 4.79 Å². The monoisotopic (exact) mass is 250 g/mol. The van der Waals surface area contributed by atoms with E-state index < -0.39 is 0 Å². The van der Waals surface area contributed by atoms with Gasteiger partial charge in [0.15, 0.2) is 0 Å². The van der Waals surface area contributed by atoms with Crippen LogP contribution in [0, 0.1) is 13.8 Å². The molecule has 0 bridgehead atoms. The van der Waals surface area contributed by atoms with Crippen LogP contribution in [0.15, 0.2) is 16.2 Å². The fourth-order valence-electron chi connectivity index (χ4n) is 1.51. The molecule has 0 saturated heterocycles. The number of nitrogens with zero attached hydrogens (tertiary/aromatic N) is 2. The van der Waals surface area contributed by atoms with Gasteiger partial charge in [0.05, 0.1) is 6.04 Å². The maximum atomic E-state index is 11.3. The fourth-order valence-corrected chi connectivity index (χ4v) is 2.31. The fraction of sp³-hybridized carbons (Fsp3) is 0.364. The second kappa shape index (κ2) is 4.67. The molecule has 0 fully saturated rings. The van der Waals surface area contributed by atoms with Gasteiger partial charge in [0.1, 0.15) is 16.6 Å². The smallest absolute Gasteiger partial charge is 0.252 e. The molecular weight excluding hydrogens is 236 g/mol. The minimum Gasteiger partial charge on any atom is -0.361 e. The highest BCUT2D eigenvalue weighted by Crippen LogP contribution is 2.20. The number of hydrogen-bond donors (Lipinski definition) is 2. The molecule has 2 aromatic heterocycles. The molecule has 2 aromatic rings. The zero-order valence-corrected chi connectivity index (χ0v) is 10.8. The Balaban J connectivity index is 2.18. The van der Waals surface area contributed by atoms with Gasteiger partial charge in [0, 0.05) is 17.1 Å². The molecule has 0 radical (unpaired) electrons. The highest BCUT2D eigenvalue weighted by atomic mass is 32.1. The maximum Gasteiger partial charge on any atom is 0.252 e. The average Bonchev–Trinajstić information content (AvgIpc) is 2.63. The van der Waals surface area contributed by atoms with Crippen molar-refractivity contribution < 1.29 is 0 Å². The molecule has 0 aliphatic carbocycles. The van der Waals surface area contributed by atoms with Crippen molar-refractivity contribution in [2.24, 2.45) is 0 Å². The third-order valence-electron chi connectivity index (χ3n) is 2.23. The van der Waals surface area contributed by atoms with Crippen molar-refractivity contribution >= 4 is 17.2 Å². The molecule has 0 aliphatic rings. The Labute approximate surface area is 103 Å². The predicted molar refractivity (Wildman–Crippen MR) is 68.5 cm³/mol. The molecule has 0 aromatic carbocycles. The Morgan fingerprint density at radius 3 is 2.76 bits per heavy atom. The quantitative estimate of drug-likeness (QED) is 0.874. The summed E-state index contributed by atoms with van der Waals surface area (Å²) in [5.41, 5.74) is 0.858. The summed E-state index contributed by atoms with van der Waals surface area (Å²) in [4.78, 5) is 22.5. The highest BCUT2D eigenvalue weighted by Gasteiger charge is 2.10. The van der Waals surface area contributed by atoms with Crippen LogP contribution in [0.5, 0.6) is 0 Å². The van der Waals surface area contributed by atoms with E-state index >= 15 is 0 Å². The SMILES string of the molecule is Cc1csc(C(C)Nc2cc(=O)[nH]c(C)n2)n1. The van der Waals surface area contributed by atoms with Crippen LogP contribution in [-0.4, -0.2) is 15.0 Å². The van der Waals surface area contributed by atoms with E-state index in [1.165, 1.54) is 6.07 Å². The number of thiazole rings is 1. The van der Waals surface area contributed by atoms with Crippen molar-refractivity contribution in [3.8, 4) is 0 Å². The Hall–Kier alpha value is -1.69. The minimum absolute atomic E-state index is 0.0439. The van der Waals surface area contributed by atoms with E-state index in [9.17, 15) is 4.79 Å². The van der Waals surface area contributed by atoms with Crippen LogP contribution in [0.25, 0.3) is 0 Å². The molecule has 0 spiro atoms. The van der Waals surface area contributed by atoms with Crippen LogP contribution in [0.2, 0.25) is 0 Å². The average molecular weight is 250 g/mol. The van der Waals surface area contributed by atoms with Crippen molar-refractivity contribution in [3.05, 3.63) is 38.3 Å². The van der Waals surface area contributed by atoms with Gasteiger partial charge in [-0.2, -0.15) is 0 Å². The molecule has 2 rings (SSSR count). The van der Waals surface area contributed by atoms with Gasteiger partial charge in [-0.05, 0) is 20.8 Å². The van der Waals surface area contributed by atoms with Crippen molar-refractivity contribution in [1.29, 1.82) is 0 Å². The number of rotatable bonds is 3. The number of aryl methyl sites for hydroxylation is 2. The van der Waals surface area contributed by atoms with E-state index in [4.69, 9.17) is 0 Å². The maximum absolute atomic E-state index is 11.3. The van der Waals surface area contributed by atoms with Crippen LogP contribution >= 0.6 is 11.3 Å². The number of anilines is 1. The molecule has 5 nitrogen and oxygen atoms in total. The zero-order valence-electron chi connectivity index (χ0n) is 9.94. The molecule has 0 aliphatic heterocycles. The Bertz CT molecular complexity index is 575. The van der Waals surface area contributed by atoms with E-state index in [0.29, 0.717) is 11.6 Å². The molecule has 17 heavy (non-hydrogen) atoms. The summed E-state index contributed by atoms with van der Waals surface area (Å²) in [6.07, 6.45) is 0. The first-order valence-corrected chi connectivity index (χ1v) is 6.19. The third kappa shape index (κ3) is 2.91. The van der Waals surface area contributed by atoms with E-state index in [1.54, 1.807) is 18.3 Å². The predicted octanol–water partition coefficient (Wildman–Crippen LogP) is 2.02. The van der Waals surface area contributed by atoms with Crippen molar-refractivity contribution in [1.82, 2.24) is 15.0 Å². The minimum atomic E-state index is -0.150. The first kappa shape index (κ1) is 11.8. The Kier molecular flexibility index (Phi) is 3.23. The first-order chi connectivity index (χ1) is 8.04. The molecule has 2 heterocycles. The normalized spacial score (nSPS) is 12.4. The van der Waals surface area contributed by atoms with Crippen LogP contribution in [0.4, 0.5) is 5.82 Å². The van der Waals surface area contributed by atoms with Crippen LogP contribution in [0.1, 0.15) is 29.5 Å². The molecule has 0 amide bonds. The summed E-state index contributed by atoms with van der Waals surface area (Å²) >= 11 is 1.60. The zero-order chi connectivity index (χ0) is 12.4. The molecule has 0 saturated carbocycles. The number of H-pyrrole nitrogens is 1. The second-order valence-corrected chi connectivity index (χ2v) is 4.80. The molecule has 2 N–H and O–H groups in total. The Morgan fingerprint density at radius 1 is 1.41 bits per heavy atom. The van der Waals surface area contributed by atoms with Gasteiger partial charge >= 0.3 is 0 Å². The first-order valence-electron chi connectivity index (χ1n) is 5.31. The van der Waals surface area contributed by atoms with Crippen LogP contribution in [0.3, 0.4) is 0 Å². The summed E-state index contributed by atoms with van der Waals surface area (Å²) in [5.74, 6) is 1.18. The third-order valence-corrected chi connectivity index (χ3v) is 3.38. The summed E-state index contributed by atoms with van der Waals surface area (Å²) in [5, 5.41) is 6.16. The summed E-state index contributed by atoms with van der Waals surface area (Å²) in [7, 11) is 0. The van der Waals surface area contributed by atoms with Crippen molar-refractivity contribution in [2.75, 3.05) is 5.32 Å². The van der Waals surface area contributed by atoms with E-state index in [2.05, 4.69) is 20.3 Å². The van der Waals surface area contributed by atoms with Crippen molar-refractivity contribution in [3.63, 3.8) is 0 Å². The van der Waals surface area contributed by atoms with Gasteiger partial charge in [-0.15, -0.1) is 11.3 Å². The van der Waals surface area contributed by atoms with Gasteiger partial charge in [0.2, 0.25) is 0 Å². The largest absolute Gasteiger partial charge is 0.361 e. The highest BCUT2D eigenvalue weighted by molar-refractivity contribution is 7.09. The van der Waals surface area contributed by atoms with E-state index in [0.717, 1.165) is 10.7 Å². The van der Waals surface area contributed by atoms with Crippen molar-refractivity contribution in [2.45, 2.75) is 26.8 Å². The van der Waals surface area contributed by atoms with Gasteiger partial charge < -0.3 is 10.3 Å². The van der Waals surface area contributed by atoms with Gasteiger partial charge in [-0.25, -0.2) is 9.97 Å². The molecule has 90 valence electrons.